The van der Waals surface area contributed by atoms with Crippen LogP contribution in [0.1, 0.15) is 16.7 Å². The zero-order valence-corrected chi connectivity index (χ0v) is 26.5. The van der Waals surface area contributed by atoms with Gasteiger partial charge in [-0.15, -0.1) is 0 Å². The Bertz CT molecular complexity index is 1480. The minimum absolute atomic E-state index is 0.0764. The molecule has 0 amide bonds. The highest BCUT2D eigenvalue weighted by atomic mass is 16.3. The van der Waals surface area contributed by atoms with E-state index in [1.54, 1.807) is 66.7 Å². The first-order valence-corrected chi connectivity index (χ1v) is 14.3. The molecule has 246 valence electrons. The molecule has 0 aliphatic heterocycles. The van der Waals surface area contributed by atoms with Crippen LogP contribution in [0.2, 0.25) is 0 Å². The second kappa shape index (κ2) is 22.3. The van der Waals surface area contributed by atoms with Gasteiger partial charge in [-0.05, 0) is 111 Å². The van der Waals surface area contributed by atoms with Gasteiger partial charge in [0.2, 0.25) is 0 Å². The molecule has 6 rings (SSSR count). The van der Waals surface area contributed by atoms with Crippen molar-refractivity contribution in [3.8, 4) is 46.0 Å². The van der Waals surface area contributed by atoms with Gasteiger partial charge in [-0.1, -0.05) is 78.4 Å². The lowest BCUT2D eigenvalue weighted by Crippen LogP contribution is -1.68. The van der Waals surface area contributed by atoms with Crippen LogP contribution < -0.4 is 0 Å². The third-order valence-corrected chi connectivity index (χ3v) is 5.64. The lowest BCUT2D eigenvalue weighted by molar-refractivity contribution is 0.404. The van der Waals surface area contributed by atoms with Crippen LogP contribution in [0.3, 0.4) is 0 Å². The standard InChI is InChI=1S/3C7H8O.2C6H6O2.C6H6O/c1-6-2-4-7(8)5-3-6;1-6-3-2-4-7(8)5-6;1-6-4-2-3-5-7(6)8;7-5-1-2-6(8)4-3-5;7-5-3-1-2-4-6(5)8;7-6-4-2-1-3-5-6/h3*2-5,8H,1H3;2*1-4,7-8H;1-5,7H. The van der Waals surface area contributed by atoms with Crippen molar-refractivity contribution >= 4 is 0 Å². The second-order valence-corrected chi connectivity index (χ2v) is 9.80. The van der Waals surface area contributed by atoms with Gasteiger partial charge >= 0.3 is 0 Å². The minimum atomic E-state index is -0.0764. The maximum Gasteiger partial charge on any atom is 0.157 e. The molecule has 47 heavy (non-hydrogen) atoms. The molecule has 6 aromatic carbocycles. The summed E-state index contributed by atoms with van der Waals surface area (Å²) in [5, 5.41) is 69.8. The molecule has 8 nitrogen and oxygen atoms in total. The number of para-hydroxylation sites is 4. The summed E-state index contributed by atoms with van der Waals surface area (Å²) in [4.78, 5) is 0. The summed E-state index contributed by atoms with van der Waals surface area (Å²) in [6, 6.07) is 42.1. The number of phenols is 8. The SMILES string of the molecule is Cc1ccc(O)cc1.Cc1cccc(O)c1.Cc1ccccc1O.Oc1ccc(O)cc1.Oc1ccccc1.Oc1ccccc1O. The van der Waals surface area contributed by atoms with E-state index < -0.39 is 0 Å². The first kappa shape index (κ1) is 38.7. The van der Waals surface area contributed by atoms with E-state index in [0.717, 1.165) is 11.1 Å². The van der Waals surface area contributed by atoms with Crippen molar-refractivity contribution in [2.75, 3.05) is 0 Å². The lowest BCUT2D eigenvalue weighted by Gasteiger charge is -1.92. The fourth-order valence-electron chi connectivity index (χ4n) is 3.08. The summed E-state index contributed by atoms with van der Waals surface area (Å²) in [7, 11) is 0. The number of benzene rings is 6. The number of hydrogen-bond donors (Lipinski definition) is 8. The Morgan fingerprint density at radius 3 is 0.915 bits per heavy atom. The zero-order chi connectivity index (χ0) is 35.0. The van der Waals surface area contributed by atoms with E-state index in [4.69, 9.17) is 40.9 Å². The van der Waals surface area contributed by atoms with Crippen molar-refractivity contribution in [1.29, 1.82) is 0 Å². The van der Waals surface area contributed by atoms with Gasteiger partial charge < -0.3 is 40.9 Å². The van der Waals surface area contributed by atoms with Crippen molar-refractivity contribution in [1.82, 2.24) is 0 Å². The summed E-state index contributed by atoms with van der Waals surface area (Å²) in [5.41, 5.74) is 3.18. The largest absolute Gasteiger partial charge is 0.508 e. The summed E-state index contributed by atoms with van der Waals surface area (Å²) >= 11 is 0. The van der Waals surface area contributed by atoms with Crippen molar-refractivity contribution in [3.63, 3.8) is 0 Å². The summed E-state index contributed by atoms with van der Waals surface area (Å²) in [6.07, 6.45) is 0. The van der Waals surface area contributed by atoms with Crippen LogP contribution in [-0.4, -0.2) is 40.9 Å². The van der Waals surface area contributed by atoms with Crippen LogP contribution in [-0.2, 0) is 0 Å². The van der Waals surface area contributed by atoms with E-state index >= 15 is 0 Å². The number of aryl methyl sites for hydroxylation is 3. The van der Waals surface area contributed by atoms with Crippen LogP contribution >= 0.6 is 0 Å². The molecule has 0 saturated heterocycles. The van der Waals surface area contributed by atoms with Crippen molar-refractivity contribution in [2.45, 2.75) is 20.8 Å². The molecular formula is C39H42O8. The summed E-state index contributed by atoms with van der Waals surface area (Å²) < 4.78 is 0. The maximum absolute atomic E-state index is 8.92. The third-order valence-electron chi connectivity index (χ3n) is 5.64. The fourth-order valence-corrected chi connectivity index (χ4v) is 3.08. The molecule has 8 N–H and O–H groups in total. The highest BCUT2D eigenvalue weighted by Gasteiger charge is 1.90. The molecular weight excluding hydrogens is 596 g/mol. The van der Waals surface area contributed by atoms with Gasteiger partial charge in [0.1, 0.15) is 34.5 Å². The van der Waals surface area contributed by atoms with Gasteiger partial charge in [-0.3, -0.25) is 0 Å². The maximum atomic E-state index is 8.92. The average Bonchev–Trinajstić information content (AvgIpc) is 3.05. The van der Waals surface area contributed by atoms with E-state index in [2.05, 4.69) is 0 Å². The van der Waals surface area contributed by atoms with Crippen LogP contribution in [0, 0.1) is 20.8 Å². The normalized spacial score (nSPS) is 9.00. The predicted octanol–water partition coefficient (Wildman–Crippen LogP) is 8.69. The monoisotopic (exact) mass is 638 g/mol. The lowest BCUT2D eigenvalue weighted by atomic mass is 10.2. The highest BCUT2D eigenvalue weighted by molar-refractivity contribution is 5.36. The molecule has 0 atom stereocenters. The smallest absolute Gasteiger partial charge is 0.157 e. The summed E-state index contributed by atoms with van der Waals surface area (Å²) in [6.45, 7) is 5.80. The van der Waals surface area contributed by atoms with Crippen LogP contribution in [0.5, 0.6) is 46.0 Å². The number of phenolic OH excluding ortho intramolecular Hbond substituents is 8. The van der Waals surface area contributed by atoms with Crippen LogP contribution in [0.15, 0.2) is 152 Å². The Morgan fingerprint density at radius 2 is 0.638 bits per heavy atom. The molecule has 0 bridgehead atoms. The molecule has 0 heterocycles. The number of aromatic hydroxyl groups is 8. The molecule has 0 aliphatic rings. The Balaban J connectivity index is 0.000000282. The molecule has 0 aliphatic carbocycles. The van der Waals surface area contributed by atoms with Crippen LogP contribution in [0.4, 0.5) is 0 Å². The van der Waals surface area contributed by atoms with Crippen molar-refractivity contribution in [3.05, 3.63) is 168 Å². The van der Waals surface area contributed by atoms with Gasteiger partial charge in [-0.25, -0.2) is 0 Å². The molecule has 0 spiro atoms. The summed E-state index contributed by atoms with van der Waals surface area (Å²) in [5.74, 6) is 1.54. The molecule has 0 unspecified atom stereocenters. The van der Waals surface area contributed by atoms with E-state index in [9.17, 15) is 0 Å². The van der Waals surface area contributed by atoms with Gasteiger partial charge in [0.15, 0.2) is 11.5 Å². The quantitative estimate of drug-likeness (QED) is 0.0605. The Kier molecular flexibility index (Phi) is 18.4. The van der Waals surface area contributed by atoms with E-state index in [1.165, 1.54) is 42.0 Å². The van der Waals surface area contributed by atoms with Crippen molar-refractivity contribution < 1.29 is 40.9 Å². The van der Waals surface area contributed by atoms with E-state index in [0.29, 0.717) is 23.0 Å². The van der Waals surface area contributed by atoms with Crippen molar-refractivity contribution in [2.24, 2.45) is 0 Å². The predicted molar refractivity (Wildman–Crippen MR) is 186 cm³/mol. The minimum Gasteiger partial charge on any atom is -0.508 e. The molecule has 6 aromatic rings. The first-order valence-electron chi connectivity index (χ1n) is 14.3. The van der Waals surface area contributed by atoms with Gasteiger partial charge in [-0.2, -0.15) is 0 Å². The van der Waals surface area contributed by atoms with Gasteiger partial charge in [0.05, 0.1) is 0 Å². The fraction of sp³-hybridized carbons (Fsp3) is 0.0769. The number of hydrogen-bond acceptors (Lipinski definition) is 8. The topological polar surface area (TPSA) is 162 Å². The van der Waals surface area contributed by atoms with Crippen LogP contribution in [0.25, 0.3) is 0 Å². The number of rotatable bonds is 0. The molecule has 0 saturated carbocycles. The third kappa shape index (κ3) is 19.6. The molecule has 0 radical (unpaired) electrons. The Labute approximate surface area is 275 Å². The first-order chi connectivity index (χ1) is 22.4. The zero-order valence-electron chi connectivity index (χ0n) is 26.5. The van der Waals surface area contributed by atoms with Gasteiger partial charge in [0.25, 0.3) is 0 Å². The molecule has 8 heteroatoms. The average molecular weight is 639 g/mol. The molecule has 0 aromatic heterocycles. The highest BCUT2D eigenvalue weighted by Crippen LogP contribution is 2.21. The molecule has 0 fully saturated rings. The van der Waals surface area contributed by atoms with Gasteiger partial charge in [0, 0.05) is 0 Å². The van der Waals surface area contributed by atoms with E-state index in [1.807, 2.05) is 69.3 Å². The Hall–Kier alpha value is -6.28. The Morgan fingerprint density at radius 1 is 0.277 bits per heavy atom. The second-order valence-electron chi connectivity index (χ2n) is 9.80. The van der Waals surface area contributed by atoms with E-state index in [-0.39, 0.29) is 23.0 Å².